The Labute approximate surface area is 141 Å². The lowest BCUT2D eigenvalue weighted by atomic mass is 10.2. The second-order valence-corrected chi connectivity index (χ2v) is 7.09. The number of aromatic nitrogens is 1. The van der Waals surface area contributed by atoms with E-state index in [0.717, 1.165) is 16.2 Å². The van der Waals surface area contributed by atoms with Crippen molar-refractivity contribution in [2.75, 3.05) is 12.4 Å². The van der Waals surface area contributed by atoms with Gasteiger partial charge in [0, 0.05) is 17.7 Å². The van der Waals surface area contributed by atoms with Gasteiger partial charge in [-0.15, -0.1) is 11.3 Å². The van der Waals surface area contributed by atoms with Crippen LogP contribution in [0.4, 0.5) is 5.13 Å². The number of aryl methyl sites for hydroxylation is 2. The summed E-state index contributed by atoms with van der Waals surface area (Å²) in [5.74, 6) is -0.843. The predicted octanol–water partition coefficient (Wildman–Crippen LogP) is 3.21. The first-order valence-corrected chi connectivity index (χ1v) is 8.49. The minimum atomic E-state index is -0.483. The normalized spacial score (nSPS) is 10.4. The zero-order valence-corrected chi connectivity index (χ0v) is 14.6. The summed E-state index contributed by atoms with van der Waals surface area (Å²) in [4.78, 5) is 41.5. The molecule has 23 heavy (non-hydrogen) atoms. The minimum Gasteiger partial charge on any atom is -0.465 e. The van der Waals surface area contributed by atoms with Crippen LogP contribution in [0.15, 0.2) is 12.1 Å². The zero-order valence-electron chi connectivity index (χ0n) is 13.0. The van der Waals surface area contributed by atoms with Gasteiger partial charge in [0.15, 0.2) is 10.9 Å². The van der Waals surface area contributed by atoms with E-state index in [2.05, 4.69) is 15.0 Å². The number of ether oxygens (including phenoxy) is 1. The summed E-state index contributed by atoms with van der Waals surface area (Å²) in [7, 11) is 1.29. The monoisotopic (exact) mass is 352 g/mol. The number of esters is 1. The lowest BCUT2D eigenvalue weighted by Gasteiger charge is -2.00. The van der Waals surface area contributed by atoms with Crippen LogP contribution in [0.1, 0.15) is 42.8 Å². The van der Waals surface area contributed by atoms with Crippen molar-refractivity contribution in [3.05, 3.63) is 32.5 Å². The van der Waals surface area contributed by atoms with Crippen LogP contribution in [0.25, 0.3) is 0 Å². The third-order valence-electron chi connectivity index (χ3n) is 3.01. The first-order chi connectivity index (χ1) is 10.9. The molecule has 2 aromatic heterocycles. The Kier molecular flexibility index (Phi) is 5.62. The molecule has 0 bridgehead atoms. The fourth-order valence-corrected chi connectivity index (χ4v) is 3.58. The van der Waals surface area contributed by atoms with Gasteiger partial charge in [-0.3, -0.25) is 9.59 Å². The number of hydrogen-bond donors (Lipinski definition) is 1. The second kappa shape index (κ2) is 7.47. The number of anilines is 1. The molecule has 8 heteroatoms. The average Bonchev–Trinajstić information content (AvgIpc) is 3.10. The second-order valence-electron chi connectivity index (χ2n) is 4.81. The highest BCUT2D eigenvalue weighted by Crippen LogP contribution is 2.23. The van der Waals surface area contributed by atoms with Crippen LogP contribution < -0.4 is 5.32 Å². The Balaban J connectivity index is 1.90. The number of ketones is 1. The number of thiophene rings is 1. The predicted molar refractivity (Wildman–Crippen MR) is 89.4 cm³/mol. The van der Waals surface area contributed by atoms with E-state index in [1.54, 1.807) is 13.0 Å². The van der Waals surface area contributed by atoms with Crippen LogP contribution in [0, 0.1) is 13.8 Å². The summed E-state index contributed by atoms with van der Waals surface area (Å²) in [5, 5.41) is 2.93. The first-order valence-electron chi connectivity index (χ1n) is 6.86. The summed E-state index contributed by atoms with van der Waals surface area (Å²) in [6.07, 6.45) is 0.210. The molecule has 0 aliphatic carbocycles. The molecule has 2 heterocycles. The number of nitrogens with zero attached hydrogens (tertiary/aromatic N) is 1. The van der Waals surface area contributed by atoms with Gasteiger partial charge in [-0.1, -0.05) is 11.3 Å². The number of hydrogen-bond acceptors (Lipinski definition) is 7. The molecule has 0 spiro atoms. The van der Waals surface area contributed by atoms with Gasteiger partial charge in [-0.25, -0.2) is 9.78 Å². The van der Waals surface area contributed by atoms with Crippen molar-refractivity contribution in [2.24, 2.45) is 0 Å². The molecule has 0 atom stereocenters. The standard InChI is InChI=1S/C15H16N2O4S2/c1-8-4-6-11(22-8)10(18)5-7-12(19)17-15-16-9(2)13(23-15)14(20)21-3/h4,6H,5,7H2,1-3H3,(H,16,17,19). The molecule has 1 N–H and O–H groups in total. The quantitative estimate of drug-likeness (QED) is 0.637. The molecule has 0 aliphatic rings. The number of rotatable bonds is 6. The summed E-state index contributed by atoms with van der Waals surface area (Å²) < 4.78 is 4.64. The fourth-order valence-electron chi connectivity index (χ4n) is 1.85. The largest absolute Gasteiger partial charge is 0.465 e. The van der Waals surface area contributed by atoms with E-state index in [-0.39, 0.29) is 24.5 Å². The number of carbonyl (C=O) groups excluding carboxylic acids is 3. The molecular weight excluding hydrogens is 336 g/mol. The Morgan fingerprint density at radius 2 is 1.91 bits per heavy atom. The Bertz CT molecular complexity index is 748. The molecule has 0 radical (unpaired) electrons. The lowest BCUT2D eigenvalue weighted by Crippen LogP contribution is -2.13. The molecule has 1 amide bonds. The number of thiazole rings is 1. The van der Waals surface area contributed by atoms with Crippen molar-refractivity contribution >= 4 is 45.5 Å². The first kappa shape index (κ1) is 17.3. The highest BCUT2D eigenvalue weighted by Gasteiger charge is 2.17. The minimum absolute atomic E-state index is 0.0520. The smallest absolute Gasteiger partial charge is 0.350 e. The van der Waals surface area contributed by atoms with E-state index in [0.29, 0.717) is 20.6 Å². The van der Waals surface area contributed by atoms with E-state index >= 15 is 0 Å². The van der Waals surface area contributed by atoms with Gasteiger partial charge in [-0.2, -0.15) is 0 Å². The van der Waals surface area contributed by atoms with E-state index in [9.17, 15) is 14.4 Å². The van der Waals surface area contributed by atoms with E-state index in [4.69, 9.17) is 0 Å². The number of nitrogens with one attached hydrogen (secondary N) is 1. The van der Waals surface area contributed by atoms with Crippen molar-refractivity contribution in [1.29, 1.82) is 0 Å². The summed E-state index contributed by atoms with van der Waals surface area (Å²) in [5.41, 5.74) is 0.502. The third kappa shape index (κ3) is 4.46. The Hall–Kier alpha value is -2.06. The zero-order chi connectivity index (χ0) is 17.0. The molecule has 2 aromatic rings. The SMILES string of the molecule is COC(=O)c1sc(NC(=O)CCC(=O)c2ccc(C)s2)nc1C. The van der Waals surface area contributed by atoms with Gasteiger partial charge in [-0.05, 0) is 26.0 Å². The van der Waals surface area contributed by atoms with Crippen molar-refractivity contribution in [3.63, 3.8) is 0 Å². The maximum atomic E-state index is 12.0. The highest BCUT2D eigenvalue weighted by molar-refractivity contribution is 7.17. The topological polar surface area (TPSA) is 85.4 Å². The maximum Gasteiger partial charge on any atom is 0.350 e. The van der Waals surface area contributed by atoms with E-state index in [1.807, 2.05) is 13.0 Å². The molecule has 2 rings (SSSR count). The lowest BCUT2D eigenvalue weighted by molar-refractivity contribution is -0.116. The average molecular weight is 352 g/mol. The number of amides is 1. The molecule has 122 valence electrons. The van der Waals surface area contributed by atoms with Crippen molar-refractivity contribution in [3.8, 4) is 0 Å². The van der Waals surface area contributed by atoms with Crippen LogP contribution in [0.2, 0.25) is 0 Å². The Morgan fingerprint density at radius 1 is 1.17 bits per heavy atom. The molecule has 0 aromatic carbocycles. The number of carbonyl (C=O) groups is 3. The van der Waals surface area contributed by atoms with Crippen molar-refractivity contribution in [2.45, 2.75) is 26.7 Å². The number of methoxy groups -OCH3 is 1. The third-order valence-corrected chi connectivity index (χ3v) is 5.10. The Morgan fingerprint density at radius 3 is 2.52 bits per heavy atom. The van der Waals surface area contributed by atoms with Gasteiger partial charge in [0.25, 0.3) is 0 Å². The van der Waals surface area contributed by atoms with Crippen molar-refractivity contribution < 1.29 is 19.1 Å². The molecule has 0 fully saturated rings. The summed E-state index contributed by atoms with van der Waals surface area (Å²) in [6, 6.07) is 3.65. The van der Waals surface area contributed by atoms with E-state index in [1.165, 1.54) is 18.4 Å². The molecular formula is C15H16N2O4S2. The molecule has 0 saturated heterocycles. The summed E-state index contributed by atoms with van der Waals surface area (Å²) >= 11 is 2.47. The molecule has 0 unspecified atom stereocenters. The summed E-state index contributed by atoms with van der Waals surface area (Å²) in [6.45, 7) is 3.60. The van der Waals surface area contributed by atoms with Gasteiger partial charge >= 0.3 is 5.97 Å². The van der Waals surface area contributed by atoms with Gasteiger partial charge < -0.3 is 10.1 Å². The fraction of sp³-hybridized carbons (Fsp3) is 0.333. The van der Waals surface area contributed by atoms with Crippen molar-refractivity contribution in [1.82, 2.24) is 4.98 Å². The molecule has 0 aliphatic heterocycles. The maximum absolute atomic E-state index is 12.0. The highest BCUT2D eigenvalue weighted by atomic mass is 32.1. The molecule has 6 nitrogen and oxygen atoms in total. The van der Waals surface area contributed by atoms with E-state index < -0.39 is 5.97 Å². The van der Waals surface area contributed by atoms with Crippen LogP contribution in [0.3, 0.4) is 0 Å². The molecule has 0 saturated carbocycles. The van der Waals surface area contributed by atoms with Crippen LogP contribution in [0.5, 0.6) is 0 Å². The van der Waals surface area contributed by atoms with Gasteiger partial charge in [0.05, 0.1) is 17.7 Å². The number of Topliss-reactive ketones (excluding diaryl/α,β-unsaturated/α-hetero) is 1. The van der Waals surface area contributed by atoms with Crippen LogP contribution in [-0.4, -0.2) is 29.8 Å². The van der Waals surface area contributed by atoms with Gasteiger partial charge in [0.2, 0.25) is 5.91 Å². The van der Waals surface area contributed by atoms with Crippen LogP contribution >= 0.6 is 22.7 Å². The van der Waals surface area contributed by atoms with Gasteiger partial charge in [0.1, 0.15) is 4.88 Å². The van der Waals surface area contributed by atoms with Crippen LogP contribution in [-0.2, 0) is 9.53 Å².